The molecule has 3 nitrogen and oxygen atoms in total. The molecule has 0 aromatic heterocycles. The van der Waals surface area contributed by atoms with Crippen LogP contribution in [0.4, 0.5) is 0 Å². The highest BCUT2D eigenvalue weighted by Gasteiger charge is 2.35. The smallest absolute Gasteiger partial charge is 0.137 e. The van der Waals surface area contributed by atoms with Crippen molar-refractivity contribution in [1.82, 2.24) is 5.32 Å². The van der Waals surface area contributed by atoms with Crippen LogP contribution in [0.1, 0.15) is 12.0 Å². The van der Waals surface area contributed by atoms with Crippen LogP contribution in [0.15, 0.2) is 18.2 Å². The number of hydrogen-bond donors (Lipinski definition) is 1. The molecule has 0 aliphatic carbocycles. The third-order valence-electron chi connectivity index (χ3n) is 3.18. The van der Waals surface area contributed by atoms with E-state index in [4.69, 9.17) is 21.1 Å². The van der Waals surface area contributed by atoms with E-state index in [0.717, 1.165) is 25.1 Å². The van der Waals surface area contributed by atoms with Crippen LogP contribution < -0.4 is 10.1 Å². The van der Waals surface area contributed by atoms with Gasteiger partial charge in [-0.25, -0.2) is 0 Å². The second-order valence-electron chi connectivity index (χ2n) is 3.97. The molecule has 88 valence electrons. The summed E-state index contributed by atoms with van der Waals surface area (Å²) in [4.78, 5) is 0. The van der Waals surface area contributed by atoms with Gasteiger partial charge >= 0.3 is 0 Å². The van der Waals surface area contributed by atoms with Gasteiger partial charge in [-0.3, -0.25) is 0 Å². The van der Waals surface area contributed by atoms with Gasteiger partial charge in [0.05, 0.1) is 12.1 Å². The zero-order valence-corrected chi connectivity index (χ0v) is 10.3. The van der Waals surface area contributed by atoms with Crippen LogP contribution in [0.5, 0.6) is 5.75 Å². The summed E-state index contributed by atoms with van der Waals surface area (Å²) < 4.78 is 10.8. The molecule has 1 N–H and O–H groups in total. The Kier molecular flexibility index (Phi) is 3.38. The predicted molar refractivity (Wildman–Crippen MR) is 64.2 cm³/mol. The van der Waals surface area contributed by atoms with Crippen LogP contribution in [0, 0.1) is 0 Å². The Balaban J connectivity index is 2.36. The van der Waals surface area contributed by atoms with Gasteiger partial charge in [-0.15, -0.1) is 0 Å². The summed E-state index contributed by atoms with van der Waals surface area (Å²) >= 11 is 6.13. The average Bonchev–Trinajstić information content (AvgIpc) is 2.78. The SMILES string of the molecule is COc1ccc(C2(OC)CCNC2)cc1Cl. The summed E-state index contributed by atoms with van der Waals surface area (Å²) in [6.45, 7) is 1.80. The predicted octanol–water partition coefficient (Wildman–Crippen LogP) is 2.18. The molecule has 16 heavy (non-hydrogen) atoms. The van der Waals surface area contributed by atoms with Gasteiger partial charge in [-0.05, 0) is 30.7 Å². The van der Waals surface area contributed by atoms with Crippen LogP contribution in [-0.4, -0.2) is 27.3 Å². The van der Waals surface area contributed by atoms with Crippen LogP contribution in [0.2, 0.25) is 5.02 Å². The lowest BCUT2D eigenvalue weighted by Gasteiger charge is -2.27. The van der Waals surface area contributed by atoms with E-state index in [1.54, 1.807) is 14.2 Å². The summed E-state index contributed by atoms with van der Waals surface area (Å²) in [6.07, 6.45) is 0.964. The number of nitrogens with one attached hydrogen (secondary N) is 1. The fourth-order valence-corrected chi connectivity index (χ4v) is 2.41. The van der Waals surface area contributed by atoms with Gasteiger partial charge in [0.1, 0.15) is 11.4 Å². The minimum atomic E-state index is -0.240. The molecule has 1 saturated heterocycles. The molecular weight excluding hydrogens is 226 g/mol. The first-order valence-corrected chi connectivity index (χ1v) is 5.69. The van der Waals surface area contributed by atoms with Crippen molar-refractivity contribution in [3.8, 4) is 5.75 Å². The third-order valence-corrected chi connectivity index (χ3v) is 3.48. The number of hydrogen-bond acceptors (Lipinski definition) is 3. The largest absolute Gasteiger partial charge is 0.495 e. The summed E-state index contributed by atoms with van der Waals surface area (Å²) in [6, 6.07) is 5.83. The van der Waals surface area contributed by atoms with Gasteiger partial charge < -0.3 is 14.8 Å². The molecule has 0 amide bonds. The normalized spacial score (nSPS) is 24.7. The van der Waals surface area contributed by atoms with E-state index in [0.29, 0.717) is 10.8 Å². The lowest BCUT2D eigenvalue weighted by molar-refractivity contribution is 0.00323. The fraction of sp³-hybridized carbons (Fsp3) is 0.500. The minimum absolute atomic E-state index is 0.240. The Labute approximate surface area is 101 Å². The van der Waals surface area contributed by atoms with E-state index < -0.39 is 0 Å². The van der Waals surface area contributed by atoms with Crippen LogP contribution in [0.25, 0.3) is 0 Å². The molecule has 0 saturated carbocycles. The standard InChI is InChI=1S/C12H16ClNO2/c1-15-11-4-3-9(7-10(11)13)12(16-2)5-6-14-8-12/h3-4,7,14H,5-6,8H2,1-2H3. The quantitative estimate of drug-likeness (QED) is 0.880. The highest BCUT2D eigenvalue weighted by molar-refractivity contribution is 6.32. The van der Waals surface area contributed by atoms with Crippen LogP contribution >= 0.6 is 11.6 Å². The van der Waals surface area contributed by atoms with Gasteiger partial charge in [0.25, 0.3) is 0 Å². The zero-order chi connectivity index (χ0) is 11.6. The van der Waals surface area contributed by atoms with Crippen LogP contribution in [0.3, 0.4) is 0 Å². The van der Waals surface area contributed by atoms with Crippen molar-refractivity contribution < 1.29 is 9.47 Å². The Morgan fingerprint density at radius 2 is 2.19 bits per heavy atom. The first-order valence-electron chi connectivity index (χ1n) is 5.32. The first kappa shape index (κ1) is 11.7. The molecule has 2 rings (SSSR count). The molecular formula is C12H16ClNO2. The molecule has 1 heterocycles. The summed E-state index contributed by atoms with van der Waals surface area (Å²) in [5.74, 6) is 0.697. The molecule has 4 heteroatoms. The lowest BCUT2D eigenvalue weighted by Crippen LogP contribution is -2.30. The molecule has 1 fully saturated rings. The van der Waals surface area contributed by atoms with E-state index >= 15 is 0 Å². The Morgan fingerprint density at radius 1 is 1.38 bits per heavy atom. The first-order chi connectivity index (χ1) is 7.72. The summed E-state index contributed by atoms with van der Waals surface area (Å²) in [5.41, 5.74) is 0.862. The number of benzene rings is 1. The Bertz CT molecular complexity index is 375. The third kappa shape index (κ3) is 1.90. The van der Waals surface area contributed by atoms with Crippen molar-refractivity contribution in [3.63, 3.8) is 0 Å². The van der Waals surface area contributed by atoms with Gasteiger partial charge in [0, 0.05) is 13.7 Å². The molecule has 1 atom stereocenters. The van der Waals surface area contributed by atoms with Gasteiger partial charge in [-0.1, -0.05) is 17.7 Å². The number of ether oxygens (including phenoxy) is 2. The van der Waals surface area contributed by atoms with Crippen molar-refractivity contribution in [1.29, 1.82) is 0 Å². The van der Waals surface area contributed by atoms with Crippen molar-refractivity contribution in [2.24, 2.45) is 0 Å². The summed E-state index contributed by atoms with van der Waals surface area (Å²) in [7, 11) is 3.36. The van der Waals surface area contributed by atoms with Crippen LogP contribution in [-0.2, 0) is 10.3 Å². The molecule has 1 aliphatic heterocycles. The topological polar surface area (TPSA) is 30.5 Å². The van der Waals surface area contributed by atoms with E-state index in [2.05, 4.69) is 5.32 Å². The maximum Gasteiger partial charge on any atom is 0.137 e. The second-order valence-corrected chi connectivity index (χ2v) is 4.38. The number of methoxy groups -OCH3 is 2. The van der Waals surface area contributed by atoms with E-state index in [1.165, 1.54) is 0 Å². The number of rotatable bonds is 3. The fourth-order valence-electron chi connectivity index (χ4n) is 2.16. The Morgan fingerprint density at radius 3 is 2.69 bits per heavy atom. The molecule has 1 aromatic carbocycles. The van der Waals surface area contributed by atoms with Gasteiger partial charge in [0.2, 0.25) is 0 Å². The van der Waals surface area contributed by atoms with Crippen molar-refractivity contribution in [2.45, 2.75) is 12.0 Å². The van der Waals surface area contributed by atoms with Crippen molar-refractivity contribution >= 4 is 11.6 Å². The molecule has 1 aliphatic rings. The van der Waals surface area contributed by atoms with E-state index in [-0.39, 0.29) is 5.60 Å². The monoisotopic (exact) mass is 241 g/mol. The molecule has 1 unspecified atom stereocenters. The maximum atomic E-state index is 6.13. The minimum Gasteiger partial charge on any atom is -0.495 e. The molecule has 0 bridgehead atoms. The van der Waals surface area contributed by atoms with E-state index in [1.807, 2.05) is 18.2 Å². The molecule has 0 spiro atoms. The Hall–Kier alpha value is -0.770. The number of halogens is 1. The van der Waals surface area contributed by atoms with E-state index in [9.17, 15) is 0 Å². The van der Waals surface area contributed by atoms with Crippen molar-refractivity contribution in [3.05, 3.63) is 28.8 Å². The summed E-state index contributed by atoms with van der Waals surface area (Å²) in [5, 5.41) is 3.94. The molecule has 1 aromatic rings. The zero-order valence-electron chi connectivity index (χ0n) is 9.55. The average molecular weight is 242 g/mol. The maximum absolute atomic E-state index is 6.13. The highest BCUT2D eigenvalue weighted by Crippen LogP contribution is 2.35. The van der Waals surface area contributed by atoms with Gasteiger partial charge in [0.15, 0.2) is 0 Å². The van der Waals surface area contributed by atoms with Crippen molar-refractivity contribution in [2.75, 3.05) is 27.3 Å². The lowest BCUT2D eigenvalue weighted by atomic mass is 9.92. The molecule has 0 radical (unpaired) electrons. The highest BCUT2D eigenvalue weighted by atomic mass is 35.5. The second kappa shape index (κ2) is 4.62. The van der Waals surface area contributed by atoms with Gasteiger partial charge in [-0.2, -0.15) is 0 Å².